The molecule has 2 atom stereocenters. The molecule has 106 valence electrons. The fourth-order valence-corrected chi connectivity index (χ4v) is 2.56. The Morgan fingerprint density at radius 1 is 1.24 bits per heavy atom. The van der Waals surface area contributed by atoms with Gasteiger partial charge in [-0.1, -0.05) is 23.7 Å². The maximum absolute atomic E-state index is 12.0. The normalized spacial score (nSPS) is 13.1. The van der Waals surface area contributed by atoms with Crippen LogP contribution < -0.4 is 5.56 Å². The number of nitriles is 2. The van der Waals surface area contributed by atoms with Gasteiger partial charge >= 0.3 is 0 Å². The van der Waals surface area contributed by atoms with Gasteiger partial charge in [0.25, 0.3) is 5.56 Å². The fraction of sp³-hybridized carbons (Fsp3) is 0.267. The molecule has 2 rings (SSSR count). The van der Waals surface area contributed by atoms with E-state index in [1.54, 1.807) is 31.2 Å². The first-order chi connectivity index (χ1) is 10.1. The molecule has 5 nitrogen and oxygen atoms in total. The summed E-state index contributed by atoms with van der Waals surface area (Å²) in [7, 11) is 0. The molecule has 6 heteroatoms. The van der Waals surface area contributed by atoms with E-state index in [-0.39, 0.29) is 12.0 Å². The molecule has 0 aliphatic rings. The quantitative estimate of drug-likeness (QED) is 0.908. The van der Waals surface area contributed by atoms with Gasteiger partial charge in [-0.25, -0.2) is 0 Å². The number of benzene rings is 1. The van der Waals surface area contributed by atoms with Crippen LogP contribution in [0.25, 0.3) is 0 Å². The Bertz CT molecular complexity index is 761. The Morgan fingerprint density at radius 2 is 1.90 bits per heavy atom. The van der Waals surface area contributed by atoms with E-state index in [1.165, 1.54) is 0 Å². The Morgan fingerprint density at radius 3 is 2.38 bits per heavy atom. The number of aromatic amines is 2. The van der Waals surface area contributed by atoms with Gasteiger partial charge in [0.05, 0.1) is 24.5 Å². The predicted octanol–water partition coefficient (Wildman–Crippen LogP) is 2.85. The molecule has 1 aromatic carbocycles. The second-order valence-electron chi connectivity index (χ2n) is 4.74. The predicted molar refractivity (Wildman–Crippen MR) is 78.8 cm³/mol. The van der Waals surface area contributed by atoms with Gasteiger partial charge in [0, 0.05) is 22.2 Å². The summed E-state index contributed by atoms with van der Waals surface area (Å²) in [6.07, 6.45) is 0.0495. The van der Waals surface area contributed by atoms with Gasteiger partial charge in [0.15, 0.2) is 0 Å². The highest BCUT2D eigenvalue weighted by molar-refractivity contribution is 6.30. The number of aryl methyl sites for hydroxylation is 1. The van der Waals surface area contributed by atoms with E-state index in [0.717, 1.165) is 5.56 Å². The van der Waals surface area contributed by atoms with Crippen LogP contribution in [-0.2, 0) is 0 Å². The SMILES string of the molecule is Cc1[nH][nH]c(=O)c1C(c1ccc(Cl)cc1)C(C#N)CC#N. The molecule has 0 spiro atoms. The smallest absolute Gasteiger partial charge is 0.268 e. The first-order valence-corrected chi connectivity index (χ1v) is 6.75. The Labute approximate surface area is 126 Å². The van der Waals surface area contributed by atoms with Crippen LogP contribution in [0, 0.1) is 35.5 Å². The molecule has 2 unspecified atom stereocenters. The van der Waals surface area contributed by atoms with Gasteiger partial charge < -0.3 is 5.10 Å². The molecule has 0 aliphatic carbocycles. The summed E-state index contributed by atoms with van der Waals surface area (Å²) in [6.45, 7) is 1.76. The van der Waals surface area contributed by atoms with Gasteiger partial charge in [-0.2, -0.15) is 10.5 Å². The Kier molecular flexibility index (Phi) is 4.47. The lowest BCUT2D eigenvalue weighted by Crippen LogP contribution is -2.20. The van der Waals surface area contributed by atoms with E-state index < -0.39 is 11.8 Å². The molecular weight excluding hydrogens is 288 g/mol. The van der Waals surface area contributed by atoms with Crippen LogP contribution in [0.5, 0.6) is 0 Å². The maximum Gasteiger partial charge on any atom is 0.268 e. The Balaban J connectivity index is 2.60. The first-order valence-electron chi connectivity index (χ1n) is 6.37. The Hall–Kier alpha value is -2.50. The number of H-pyrrole nitrogens is 2. The third-order valence-electron chi connectivity index (χ3n) is 3.43. The van der Waals surface area contributed by atoms with Crippen molar-refractivity contribution in [2.45, 2.75) is 19.3 Å². The summed E-state index contributed by atoms with van der Waals surface area (Å²) in [4.78, 5) is 12.0. The molecule has 21 heavy (non-hydrogen) atoms. The van der Waals surface area contributed by atoms with Gasteiger partial charge in [-0.15, -0.1) is 0 Å². The standard InChI is InChI=1S/C15H13ClN4O/c1-9-13(15(21)20-19-9)14(11(8-18)6-7-17)10-2-4-12(16)5-3-10/h2-5,11,14H,6H2,1H3,(H2,19,20,21). The van der Waals surface area contributed by atoms with E-state index in [9.17, 15) is 10.1 Å². The van der Waals surface area contributed by atoms with Crippen molar-refractivity contribution in [3.8, 4) is 12.1 Å². The van der Waals surface area contributed by atoms with Crippen LogP contribution >= 0.6 is 11.6 Å². The zero-order valence-electron chi connectivity index (χ0n) is 11.4. The number of hydrogen-bond acceptors (Lipinski definition) is 3. The molecule has 0 saturated carbocycles. The highest BCUT2D eigenvalue weighted by atomic mass is 35.5. The van der Waals surface area contributed by atoms with E-state index in [1.807, 2.05) is 6.07 Å². The minimum Gasteiger partial charge on any atom is -0.302 e. The van der Waals surface area contributed by atoms with Crippen molar-refractivity contribution in [3.05, 3.63) is 56.5 Å². The van der Waals surface area contributed by atoms with E-state index in [2.05, 4.69) is 16.3 Å². The van der Waals surface area contributed by atoms with Gasteiger partial charge in [-0.3, -0.25) is 9.89 Å². The summed E-state index contributed by atoms with van der Waals surface area (Å²) < 4.78 is 0. The van der Waals surface area contributed by atoms with Crippen LogP contribution in [0.4, 0.5) is 0 Å². The van der Waals surface area contributed by atoms with E-state index in [4.69, 9.17) is 16.9 Å². The molecule has 1 heterocycles. The molecule has 2 aromatic rings. The van der Waals surface area contributed by atoms with Crippen LogP contribution in [0.2, 0.25) is 5.02 Å². The lowest BCUT2D eigenvalue weighted by atomic mass is 9.80. The maximum atomic E-state index is 12.0. The molecule has 0 radical (unpaired) electrons. The summed E-state index contributed by atoms with van der Waals surface area (Å²) in [5.41, 5.74) is 1.66. The molecule has 1 aromatic heterocycles. The first kappa shape index (κ1) is 14.9. The van der Waals surface area contributed by atoms with Crippen LogP contribution in [0.15, 0.2) is 29.1 Å². The number of halogens is 1. The van der Waals surface area contributed by atoms with Crippen molar-refractivity contribution in [1.82, 2.24) is 10.2 Å². The van der Waals surface area contributed by atoms with Crippen molar-refractivity contribution in [3.63, 3.8) is 0 Å². The zero-order valence-corrected chi connectivity index (χ0v) is 12.1. The van der Waals surface area contributed by atoms with Crippen LogP contribution in [0.3, 0.4) is 0 Å². The molecular formula is C15H13ClN4O. The highest BCUT2D eigenvalue weighted by Gasteiger charge is 2.29. The van der Waals surface area contributed by atoms with Gasteiger partial charge in [-0.05, 0) is 24.6 Å². The molecule has 0 amide bonds. The summed E-state index contributed by atoms with van der Waals surface area (Å²) in [5, 5.41) is 24.2. The van der Waals surface area contributed by atoms with Crippen molar-refractivity contribution < 1.29 is 0 Å². The number of nitrogens with one attached hydrogen (secondary N) is 2. The van der Waals surface area contributed by atoms with Crippen molar-refractivity contribution in [1.29, 1.82) is 10.5 Å². The molecule has 0 saturated heterocycles. The highest BCUT2D eigenvalue weighted by Crippen LogP contribution is 2.33. The fourth-order valence-electron chi connectivity index (χ4n) is 2.44. The number of nitrogens with zero attached hydrogens (tertiary/aromatic N) is 2. The summed E-state index contributed by atoms with van der Waals surface area (Å²) in [6, 6.07) is 11.1. The number of hydrogen-bond donors (Lipinski definition) is 2. The number of rotatable bonds is 4. The second kappa shape index (κ2) is 6.30. The summed E-state index contributed by atoms with van der Waals surface area (Å²) in [5.74, 6) is -1.08. The van der Waals surface area contributed by atoms with E-state index >= 15 is 0 Å². The third kappa shape index (κ3) is 2.99. The topological polar surface area (TPSA) is 96.2 Å². The van der Waals surface area contributed by atoms with Crippen LogP contribution in [0.1, 0.15) is 29.2 Å². The van der Waals surface area contributed by atoms with Crippen LogP contribution in [-0.4, -0.2) is 10.2 Å². The zero-order chi connectivity index (χ0) is 15.4. The number of aromatic nitrogens is 2. The molecule has 0 aliphatic heterocycles. The largest absolute Gasteiger partial charge is 0.302 e. The summed E-state index contributed by atoms with van der Waals surface area (Å²) >= 11 is 5.89. The third-order valence-corrected chi connectivity index (χ3v) is 3.68. The average Bonchev–Trinajstić information content (AvgIpc) is 2.80. The van der Waals surface area contributed by atoms with Crippen molar-refractivity contribution >= 4 is 11.6 Å². The van der Waals surface area contributed by atoms with Crippen molar-refractivity contribution in [2.24, 2.45) is 5.92 Å². The minimum atomic E-state index is -0.605. The lowest BCUT2D eigenvalue weighted by molar-refractivity contribution is 0.589. The van der Waals surface area contributed by atoms with Crippen molar-refractivity contribution in [2.75, 3.05) is 0 Å². The second-order valence-corrected chi connectivity index (χ2v) is 5.18. The minimum absolute atomic E-state index is 0.0495. The molecule has 0 bridgehead atoms. The van der Waals surface area contributed by atoms with E-state index in [0.29, 0.717) is 16.3 Å². The molecule has 0 fully saturated rings. The van der Waals surface area contributed by atoms with Gasteiger partial charge in [0.2, 0.25) is 0 Å². The average molecular weight is 301 g/mol. The van der Waals surface area contributed by atoms with Gasteiger partial charge in [0.1, 0.15) is 0 Å². The monoisotopic (exact) mass is 300 g/mol. The molecule has 2 N–H and O–H groups in total. The lowest BCUT2D eigenvalue weighted by Gasteiger charge is -2.20.